The molecule has 0 aliphatic rings. The summed E-state index contributed by atoms with van der Waals surface area (Å²) in [5.74, 6) is 1.63. The Bertz CT molecular complexity index is 778. The van der Waals surface area contributed by atoms with Gasteiger partial charge in [-0.25, -0.2) is 0 Å². The van der Waals surface area contributed by atoms with Crippen LogP contribution in [0.5, 0.6) is 11.5 Å². The SMILES string of the molecule is CC(N)c1ccc(Br)cc1Oc1cccc2ccccc12. The van der Waals surface area contributed by atoms with Crippen LogP contribution in [0, 0.1) is 0 Å². The van der Waals surface area contributed by atoms with Gasteiger partial charge in [0.2, 0.25) is 0 Å². The van der Waals surface area contributed by atoms with Gasteiger partial charge in [-0.1, -0.05) is 58.4 Å². The van der Waals surface area contributed by atoms with Crippen LogP contribution in [0.25, 0.3) is 10.8 Å². The van der Waals surface area contributed by atoms with Crippen molar-refractivity contribution in [3.05, 3.63) is 70.7 Å². The molecule has 1 atom stereocenters. The van der Waals surface area contributed by atoms with Crippen LogP contribution in [-0.2, 0) is 0 Å². The molecular weight excluding hydrogens is 326 g/mol. The van der Waals surface area contributed by atoms with Gasteiger partial charge in [0.05, 0.1) is 0 Å². The molecule has 2 N–H and O–H groups in total. The van der Waals surface area contributed by atoms with Gasteiger partial charge in [-0.3, -0.25) is 0 Å². The fourth-order valence-corrected chi connectivity index (χ4v) is 2.72. The van der Waals surface area contributed by atoms with Gasteiger partial charge in [-0.2, -0.15) is 0 Å². The van der Waals surface area contributed by atoms with Crippen LogP contribution < -0.4 is 10.5 Å². The lowest BCUT2D eigenvalue weighted by molar-refractivity contribution is 0.477. The second kappa shape index (κ2) is 5.88. The minimum atomic E-state index is -0.0805. The van der Waals surface area contributed by atoms with Gasteiger partial charge >= 0.3 is 0 Å². The molecule has 0 bridgehead atoms. The molecule has 0 radical (unpaired) electrons. The highest BCUT2D eigenvalue weighted by Crippen LogP contribution is 2.34. The predicted octanol–water partition coefficient (Wildman–Crippen LogP) is 5.41. The van der Waals surface area contributed by atoms with Crippen molar-refractivity contribution < 1.29 is 4.74 Å². The van der Waals surface area contributed by atoms with E-state index in [1.165, 1.54) is 0 Å². The smallest absolute Gasteiger partial charge is 0.135 e. The Morgan fingerprint density at radius 1 is 0.952 bits per heavy atom. The molecule has 3 heteroatoms. The first kappa shape index (κ1) is 14.1. The Morgan fingerprint density at radius 3 is 2.52 bits per heavy atom. The summed E-state index contributed by atoms with van der Waals surface area (Å²) in [5, 5.41) is 2.25. The molecule has 0 heterocycles. The lowest BCUT2D eigenvalue weighted by Crippen LogP contribution is -2.06. The zero-order valence-corrected chi connectivity index (χ0v) is 13.3. The Labute approximate surface area is 132 Å². The van der Waals surface area contributed by atoms with Crippen molar-refractivity contribution >= 4 is 26.7 Å². The van der Waals surface area contributed by atoms with E-state index in [2.05, 4.69) is 34.1 Å². The molecule has 0 aliphatic heterocycles. The highest BCUT2D eigenvalue weighted by Gasteiger charge is 2.11. The van der Waals surface area contributed by atoms with Crippen molar-refractivity contribution in [3.8, 4) is 11.5 Å². The van der Waals surface area contributed by atoms with Crippen molar-refractivity contribution in [2.45, 2.75) is 13.0 Å². The van der Waals surface area contributed by atoms with Gasteiger partial charge in [0.1, 0.15) is 11.5 Å². The number of halogens is 1. The normalized spacial score (nSPS) is 12.3. The molecule has 3 aromatic rings. The van der Waals surface area contributed by atoms with Crippen LogP contribution in [0.2, 0.25) is 0 Å². The molecule has 0 spiro atoms. The Kier molecular flexibility index (Phi) is 3.95. The summed E-state index contributed by atoms with van der Waals surface area (Å²) in [4.78, 5) is 0. The third kappa shape index (κ3) is 2.94. The first-order chi connectivity index (χ1) is 10.1. The molecule has 0 amide bonds. The molecular formula is C18H16BrNO. The Hall–Kier alpha value is -1.84. The minimum absolute atomic E-state index is 0.0805. The lowest BCUT2D eigenvalue weighted by Gasteiger charge is -2.15. The standard InChI is InChI=1S/C18H16BrNO/c1-12(20)15-10-9-14(19)11-18(15)21-17-8-4-6-13-5-2-3-7-16(13)17/h2-12H,20H2,1H3. The van der Waals surface area contributed by atoms with E-state index < -0.39 is 0 Å². The largest absolute Gasteiger partial charge is 0.456 e. The van der Waals surface area contributed by atoms with E-state index in [1.807, 2.05) is 49.4 Å². The summed E-state index contributed by atoms with van der Waals surface area (Å²) >= 11 is 3.49. The fourth-order valence-electron chi connectivity index (χ4n) is 2.38. The van der Waals surface area contributed by atoms with Gasteiger partial charge in [0, 0.05) is 21.5 Å². The van der Waals surface area contributed by atoms with Crippen LogP contribution in [0.4, 0.5) is 0 Å². The Balaban J connectivity index is 2.09. The number of nitrogens with two attached hydrogens (primary N) is 1. The molecule has 0 saturated heterocycles. The fraction of sp³-hybridized carbons (Fsp3) is 0.111. The minimum Gasteiger partial charge on any atom is -0.456 e. The summed E-state index contributed by atoms with van der Waals surface area (Å²) in [6.45, 7) is 1.96. The van der Waals surface area contributed by atoms with Crippen molar-refractivity contribution in [2.75, 3.05) is 0 Å². The average Bonchev–Trinajstić information content (AvgIpc) is 2.47. The van der Waals surface area contributed by atoms with Gasteiger partial charge in [-0.15, -0.1) is 0 Å². The molecule has 0 aliphatic carbocycles. The summed E-state index contributed by atoms with van der Waals surface area (Å²) < 4.78 is 7.13. The second-order valence-electron chi connectivity index (χ2n) is 5.05. The van der Waals surface area contributed by atoms with Gasteiger partial charge in [-0.05, 0) is 30.5 Å². The maximum atomic E-state index is 6.15. The van der Waals surface area contributed by atoms with E-state index in [9.17, 15) is 0 Å². The number of benzene rings is 3. The maximum absolute atomic E-state index is 6.15. The molecule has 3 aromatic carbocycles. The van der Waals surface area contributed by atoms with E-state index in [0.717, 1.165) is 32.3 Å². The summed E-state index contributed by atoms with van der Waals surface area (Å²) in [6.07, 6.45) is 0. The zero-order chi connectivity index (χ0) is 14.8. The van der Waals surface area contributed by atoms with E-state index >= 15 is 0 Å². The molecule has 2 nitrogen and oxygen atoms in total. The molecule has 106 valence electrons. The third-order valence-electron chi connectivity index (χ3n) is 3.44. The third-order valence-corrected chi connectivity index (χ3v) is 3.93. The molecule has 0 aromatic heterocycles. The number of fused-ring (bicyclic) bond motifs is 1. The quantitative estimate of drug-likeness (QED) is 0.690. The molecule has 0 saturated carbocycles. The lowest BCUT2D eigenvalue weighted by atomic mass is 10.1. The Morgan fingerprint density at radius 2 is 1.71 bits per heavy atom. The molecule has 1 unspecified atom stereocenters. The highest BCUT2D eigenvalue weighted by molar-refractivity contribution is 9.10. The van der Waals surface area contributed by atoms with Crippen molar-refractivity contribution in [3.63, 3.8) is 0 Å². The van der Waals surface area contributed by atoms with Crippen molar-refractivity contribution in [1.82, 2.24) is 0 Å². The molecule has 21 heavy (non-hydrogen) atoms. The van der Waals surface area contributed by atoms with Gasteiger partial charge in [0.25, 0.3) is 0 Å². The number of hydrogen-bond donors (Lipinski definition) is 1. The van der Waals surface area contributed by atoms with Gasteiger partial charge < -0.3 is 10.5 Å². The van der Waals surface area contributed by atoms with Crippen LogP contribution in [-0.4, -0.2) is 0 Å². The van der Waals surface area contributed by atoms with Crippen LogP contribution >= 0.6 is 15.9 Å². The van der Waals surface area contributed by atoms with Crippen LogP contribution in [0.3, 0.4) is 0 Å². The first-order valence-corrected chi connectivity index (χ1v) is 7.65. The van der Waals surface area contributed by atoms with E-state index in [-0.39, 0.29) is 6.04 Å². The summed E-state index contributed by atoms with van der Waals surface area (Å²) in [7, 11) is 0. The summed E-state index contributed by atoms with van der Waals surface area (Å²) in [5.41, 5.74) is 7.03. The van der Waals surface area contributed by atoms with Gasteiger partial charge in [0.15, 0.2) is 0 Å². The predicted molar refractivity (Wildman–Crippen MR) is 90.8 cm³/mol. The topological polar surface area (TPSA) is 35.2 Å². The van der Waals surface area contributed by atoms with E-state index in [0.29, 0.717) is 0 Å². The number of hydrogen-bond acceptors (Lipinski definition) is 2. The average molecular weight is 342 g/mol. The molecule has 3 rings (SSSR count). The van der Waals surface area contributed by atoms with E-state index in [1.54, 1.807) is 0 Å². The summed E-state index contributed by atoms with van der Waals surface area (Å²) in [6, 6.07) is 20.1. The van der Waals surface area contributed by atoms with Crippen LogP contribution in [0.15, 0.2) is 65.1 Å². The highest BCUT2D eigenvalue weighted by atomic mass is 79.9. The van der Waals surface area contributed by atoms with E-state index in [4.69, 9.17) is 10.5 Å². The number of rotatable bonds is 3. The second-order valence-corrected chi connectivity index (χ2v) is 5.97. The first-order valence-electron chi connectivity index (χ1n) is 6.86. The van der Waals surface area contributed by atoms with Crippen LogP contribution in [0.1, 0.15) is 18.5 Å². The maximum Gasteiger partial charge on any atom is 0.135 e. The monoisotopic (exact) mass is 341 g/mol. The molecule has 0 fully saturated rings. The van der Waals surface area contributed by atoms with Crippen molar-refractivity contribution in [1.29, 1.82) is 0 Å². The zero-order valence-electron chi connectivity index (χ0n) is 11.7. The number of ether oxygens (including phenoxy) is 1. The van der Waals surface area contributed by atoms with Crippen molar-refractivity contribution in [2.24, 2.45) is 5.73 Å².